The van der Waals surface area contributed by atoms with Gasteiger partial charge in [-0.05, 0) is 54.0 Å². The lowest BCUT2D eigenvalue weighted by atomic mass is 10.1. The van der Waals surface area contributed by atoms with Crippen LogP contribution < -0.4 is 0 Å². The summed E-state index contributed by atoms with van der Waals surface area (Å²) in [5, 5.41) is 0. The van der Waals surface area contributed by atoms with Gasteiger partial charge in [0.2, 0.25) is 0 Å². The Balaban J connectivity index is 2.59. The number of carbonyl (C=O) groups excluding carboxylic acids is 1. The molecule has 1 heterocycles. The summed E-state index contributed by atoms with van der Waals surface area (Å²) in [6, 6.07) is 0.397. The van der Waals surface area contributed by atoms with E-state index in [0.29, 0.717) is 6.04 Å². The zero-order chi connectivity index (χ0) is 11.6. The van der Waals surface area contributed by atoms with Crippen molar-refractivity contribution in [3.63, 3.8) is 0 Å². The molecule has 0 bridgehead atoms. The molecule has 0 aromatic heterocycles. The van der Waals surface area contributed by atoms with Gasteiger partial charge in [0.1, 0.15) is 11.6 Å². The standard InChI is InChI=1S/C12H23NO2/c1-9(2)13-8-6-7-10(13)11(14)15-12(3,4)5/h9-10H,6-8H2,1-5H3/t10-/m1/s1. The maximum atomic E-state index is 11.9. The lowest BCUT2D eigenvalue weighted by Gasteiger charge is -2.29. The summed E-state index contributed by atoms with van der Waals surface area (Å²) in [6.45, 7) is 11.0. The Hall–Kier alpha value is -0.570. The zero-order valence-corrected chi connectivity index (χ0v) is 10.5. The summed E-state index contributed by atoms with van der Waals surface area (Å²) in [7, 11) is 0. The van der Waals surface area contributed by atoms with E-state index in [-0.39, 0.29) is 17.6 Å². The molecule has 1 rings (SSSR count). The van der Waals surface area contributed by atoms with E-state index in [4.69, 9.17) is 4.74 Å². The third-order valence-electron chi connectivity index (χ3n) is 2.64. The van der Waals surface area contributed by atoms with Crippen LogP contribution in [-0.2, 0) is 9.53 Å². The van der Waals surface area contributed by atoms with E-state index in [1.165, 1.54) is 0 Å². The SMILES string of the molecule is CC(C)N1CCC[C@@H]1C(=O)OC(C)(C)C. The lowest BCUT2D eigenvalue weighted by Crippen LogP contribution is -2.43. The Morgan fingerprint density at radius 3 is 2.47 bits per heavy atom. The smallest absolute Gasteiger partial charge is 0.323 e. The highest BCUT2D eigenvalue weighted by atomic mass is 16.6. The molecular weight excluding hydrogens is 190 g/mol. The normalized spacial score (nSPS) is 23.5. The van der Waals surface area contributed by atoms with Crippen molar-refractivity contribution in [1.82, 2.24) is 4.90 Å². The molecule has 1 aliphatic rings. The van der Waals surface area contributed by atoms with E-state index >= 15 is 0 Å². The highest BCUT2D eigenvalue weighted by Gasteiger charge is 2.35. The fourth-order valence-electron chi connectivity index (χ4n) is 2.03. The van der Waals surface area contributed by atoms with Crippen LogP contribution in [0.5, 0.6) is 0 Å². The van der Waals surface area contributed by atoms with Gasteiger partial charge in [-0.25, -0.2) is 0 Å². The van der Waals surface area contributed by atoms with Gasteiger partial charge in [0.05, 0.1) is 0 Å². The minimum absolute atomic E-state index is 0.0239. The van der Waals surface area contributed by atoms with Crippen molar-refractivity contribution in [1.29, 1.82) is 0 Å². The fraction of sp³-hybridized carbons (Fsp3) is 0.917. The van der Waals surface area contributed by atoms with Gasteiger partial charge in [-0.1, -0.05) is 0 Å². The Labute approximate surface area is 92.8 Å². The van der Waals surface area contributed by atoms with Gasteiger partial charge in [-0.3, -0.25) is 9.69 Å². The second-order valence-electron chi connectivity index (χ2n) is 5.52. The molecule has 1 fully saturated rings. The van der Waals surface area contributed by atoms with Gasteiger partial charge in [0.25, 0.3) is 0 Å². The molecule has 0 aromatic rings. The molecule has 0 spiro atoms. The number of likely N-dealkylation sites (tertiary alicyclic amines) is 1. The van der Waals surface area contributed by atoms with Gasteiger partial charge >= 0.3 is 5.97 Å². The molecule has 15 heavy (non-hydrogen) atoms. The third-order valence-corrected chi connectivity index (χ3v) is 2.64. The van der Waals surface area contributed by atoms with Crippen molar-refractivity contribution >= 4 is 5.97 Å². The Morgan fingerprint density at radius 2 is 2.00 bits per heavy atom. The summed E-state index contributed by atoms with van der Waals surface area (Å²) in [4.78, 5) is 14.1. The monoisotopic (exact) mass is 213 g/mol. The number of rotatable bonds is 2. The largest absolute Gasteiger partial charge is 0.459 e. The second-order valence-corrected chi connectivity index (χ2v) is 5.52. The first-order chi connectivity index (χ1) is 6.81. The number of esters is 1. The first-order valence-corrected chi connectivity index (χ1v) is 5.80. The van der Waals surface area contributed by atoms with Crippen LogP contribution in [0, 0.1) is 0 Å². The minimum Gasteiger partial charge on any atom is -0.459 e. The van der Waals surface area contributed by atoms with Crippen molar-refractivity contribution in [2.45, 2.75) is 65.1 Å². The maximum Gasteiger partial charge on any atom is 0.323 e. The van der Waals surface area contributed by atoms with Crippen molar-refractivity contribution in [2.24, 2.45) is 0 Å². The summed E-state index contributed by atoms with van der Waals surface area (Å²) in [5.41, 5.74) is -0.373. The molecule has 0 saturated carbocycles. The molecule has 0 amide bonds. The van der Waals surface area contributed by atoms with Crippen LogP contribution in [0.1, 0.15) is 47.5 Å². The maximum absolute atomic E-state index is 11.9. The van der Waals surface area contributed by atoms with Crippen LogP contribution in [0.3, 0.4) is 0 Å². The first kappa shape index (κ1) is 12.5. The zero-order valence-electron chi connectivity index (χ0n) is 10.5. The molecule has 0 N–H and O–H groups in total. The molecule has 3 nitrogen and oxygen atoms in total. The second kappa shape index (κ2) is 4.52. The molecule has 0 radical (unpaired) electrons. The number of carbonyl (C=O) groups is 1. The predicted molar refractivity (Wildman–Crippen MR) is 60.7 cm³/mol. The van der Waals surface area contributed by atoms with Crippen LogP contribution in [0.25, 0.3) is 0 Å². The summed E-state index contributed by atoms with van der Waals surface area (Å²) >= 11 is 0. The van der Waals surface area contributed by atoms with Crippen LogP contribution in [0.15, 0.2) is 0 Å². The Bertz CT molecular complexity index is 230. The quantitative estimate of drug-likeness (QED) is 0.659. The topological polar surface area (TPSA) is 29.5 Å². The summed E-state index contributed by atoms with van der Waals surface area (Å²) in [6.07, 6.45) is 2.04. The van der Waals surface area contributed by atoms with E-state index in [9.17, 15) is 4.79 Å². The number of hydrogen-bond donors (Lipinski definition) is 0. The third kappa shape index (κ3) is 3.49. The Morgan fingerprint density at radius 1 is 1.40 bits per heavy atom. The summed E-state index contributed by atoms with van der Waals surface area (Å²) in [5.74, 6) is -0.0614. The van der Waals surface area contributed by atoms with Crippen molar-refractivity contribution in [2.75, 3.05) is 6.54 Å². The van der Waals surface area contributed by atoms with E-state index in [1.807, 2.05) is 20.8 Å². The number of ether oxygens (including phenoxy) is 1. The number of hydrogen-bond acceptors (Lipinski definition) is 3. The van der Waals surface area contributed by atoms with Crippen LogP contribution in [-0.4, -0.2) is 35.1 Å². The molecule has 3 heteroatoms. The minimum atomic E-state index is -0.373. The van der Waals surface area contributed by atoms with Crippen LogP contribution in [0.2, 0.25) is 0 Å². The average Bonchev–Trinajstić information content (AvgIpc) is 2.47. The van der Waals surface area contributed by atoms with Gasteiger partial charge in [0, 0.05) is 6.04 Å². The van der Waals surface area contributed by atoms with Gasteiger partial charge in [-0.2, -0.15) is 0 Å². The molecule has 88 valence electrons. The van der Waals surface area contributed by atoms with Gasteiger partial charge in [0.15, 0.2) is 0 Å². The van der Waals surface area contributed by atoms with Gasteiger partial charge < -0.3 is 4.74 Å². The number of nitrogens with zero attached hydrogens (tertiary/aromatic N) is 1. The van der Waals surface area contributed by atoms with Crippen molar-refractivity contribution in [3.8, 4) is 0 Å². The van der Waals surface area contributed by atoms with Crippen molar-refractivity contribution < 1.29 is 9.53 Å². The molecular formula is C12H23NO2. The van der Waals surface area contributed by atoms with Crippen LogP contribution >= 0.6 is 0 Å². The van der Waals surface area contributed by atoms with Crippen LogP contribution in [0.4, 0.5) is 0 Å². The molecule has 0 unspecified atom stereocenters. The predicted octanol–water partition coefficient (Wildman–Crippen LogP) is 2.20. The van der Waals surface area contributed by atoms with E-state index in [2.05, 4.69) is 18.7 Å². The van der Waals surface area contributed by atoms with E-state index in [0.717, 1.165) is 19.4 Å². The summed E-state index contributed by atoms with van der Waals surface area (Å²) < 4.78 is 5.42. The van der Waals surface area contributed by atoms with Crippen molar-refractivity contribution in [3.05, 3.63) is 0 Å². The first-order valence-electron chi connectivity index (χ1n) is 5.80. The lowest BCUT2D eigenvalue weighted by molar-refractivity contribution is -0.160. The molecule has 1 saturated heterocycles. The molecule has 0 aliphatic carbocycles. The highest BCUT2D eigenvalue weighted by Crippen LogP contribution is 2.22. The Kier molecular flexibility index (Phi) is 3.77. The fourth-order valence-corrected chi connectivity index (χ4v) is 2.03. The highest BCUT2D eigenvalue weighted by molar-refractivity contribution is 5.76. The van der Waals surface area contributed by atoms with E-state index in [1.54, 1.807) is 0 Å². The van der Waals surface area contributed by atoms with Gasteiger partial charge in [-0.15, -0.1) is 0 Å². The molecule has 1 atom stereocenters. The average molecular weight is 213 g/mol. The van der Waals surface area contributed by atoms with E-state index < -0.39 is 0 Å². The molecule has 1 aliphatic heterocycles. The molecule has 0 aromatic carbocycles.